The molecule has 178 valence electrons. The number of hydrogen-bond donors (Lipinski definition) is 0. The number of aromatic nitrogens is 2. The van der Waals surface area contributed by atoms with Crippen molar-refractivity contribution in [1.82, 2.24) is 19.8 Å². The van der Waals surface area contributed by atoms with Gasteiger partial charge in [0.1, 0.15) is 5.60 Å². The fraction of sp³-hybridized carbons (Fsp3) is 0.750. The van der Waals surface area contributed by atoms with Gasteiger partial charge >= 0.3 is 6.09 Å². The van der Waals surface area contributed by atoms with Gasteiger partial charge in [0.15, 0.2) is 0 Å². The van der Waals surface area contributed by atoms with Crippen LogP contribution in [-0.2, 0) is 9.53 Å². The van der Waals surface area contributed by atoms with Gasteiger partial charge in [-0.1, -0.05) is 0 Å². The molecule has 2 saturated heterocycles. The minimum Gasteiger partial charge on any atom is -0.444 e. The van der Waals surface area contributed by atoms with Crippen LogP contribution in [0.25, 0.3) is 0 Å². The van der Waals surface area contributed by atoms with E-state index in [1.165, 1.54) is 0 Å². The normalized spacial score (nSPS) is 20.4. The summed E-state index contributed by atoms with van der Waals surface area (Å²) in [4.78, 5) is 40.6. The summed E-state index contributed by atoms with van der Waals surface area (Å²) < 4.78 is 5.61. The fourth-order valence-corrected chi connectivity index (χ4v) is 4.55. The van der Waals surface area contributed by atoms with Crippen molar-refractivity contribution in [1.29, 1.82) is 0 Å². The van der Waals surface area contributed by atoms with E-state index in [0.29, 0.717) is 13.1 Å². The molecule has 32 heavy (non-hydrogen) atoms. The van der Waals surface area contributed by atoms with E-state index >= 15 is 0 Å². The van der Waals surface area contributed by atoms with Crippen LogP contribution in [0, 0.1) is 11.8 Å². The molecule has 0 spiro atoms. The summed E-state index contributed by atoms with van der Waals surface area (Å²) in [5, 5.41) is 0. The van der Waals surface area contributed by atoms with Crippen LogP contribution in [0.3, 0.4) is 0 Å². The first-order valence-electron chi connectivity index (χ1n) is 11.9. The lowest BCUT2D eigenvalue weighted by Crippen LogP contribution is -2.50. The molecule has 3 heterocycles. The van der Waals surface area contributed by atoms with Crippen LogP contribution in [-0.4, -0.2) is 76.1 Å². The number of likely N-dealkylation sites (tertiary alicyclic amines) is 1. The fourth-order valence-electron chi connectivity index (χ4n) is 4.55. The van der Waals surface area contributed by atoms with Crippen molar-refractivity contribution in [3.05, 3.63) is 18.5 Å². The molecule has 0 aromatic carbocycles. The van der Waals surface area contributed by atoms with Crippen LogP contribution in [0.1, 0.15) is 60.3 Å². The Hall–Kier alpha value is -2.38. The number of carbonyl (C=O) groups excluding carboxylic acids is 2. The molecular weight excluding hydrogens is 406 g/mol. The lowest BCUT2D eigenvalue weighted by molar-refractivity contribution is -0.138. The highest BCUT2D eigenvalue weighted by Gasteiger charge is 2.34. The summed E-state index contributed by atoms with van der Waals surface area (Å²) >= 11 is 0. The van der Waals surface area contributed by atoms with E-state index in [1.807, 2.05) is 50.5 Å². The first-order valence-corrected chi connectivity index (χ1v) is 11.9. The predicted octanol–water partition coefficient (Wildman–Crippen LogP) is 3.58. The van der Waals surface area contributed by atoms with Crippen LogP contribution in [0.5, 0.6) is 0 Å². The van der Waals surface area contributed by atoms with Crippen LogP contribution >= 0.6 is 0 Å². The van der Waals surface area contributed by atoms with E-state index in [9.17, 15) is 9.59 Å². The highest BCUT2D eigenvalue weighted by atomic mass is 16.6. The average molecular weight is 446 g/mol. The van der Waals surface area contributed by atoms with Crippen molar-refractivity contribution in [2.24, 2.45) is 11.8 Å². The lowest BCUT2D eigenvalue weighted by Gasteiger charge is -2.40. The van der Waals surface area contributed by atoms with Crippen molar-refractivity contribution in [3.63, 3.8) is 0 Å². The average Bonchev–Trinajstić information content (AvgIpc) is 2.76. The third-order valence-electron chi connectivity index (χ3n) is 6.22. The molecule has 2 amide bonds. The predicted molar refractivity (Wildman–Crippen MR) is 124 cm³/mol. The number of hydrogen-bond acceptors (Lipinski definition) is 6. The van der Waals surface area contributed by atoms with E-state index < -0.39 is 5.60 Å². The lowest BCUT2D eigenvalue weighted by atomic mass is 9.92. The highest BCUT2D eigenvalue weighted by molar-refractivity contribution is 5.79. The van der Waals surface area contributed by atoms with Crippen LogP contribution in [0.2, 0.25) is 0 Å². The van der Waals surface area contributed by atoms with Gasteiger partial charge in [-0.3, -0.25) is 4.79 Å². The molecule has 1 aromatic heterocycles. The smallest absolute Gasteiger partial charge is 0.410 e. The Morgan fingerprint density at radius 2 is 1.78 bits per heavy atom. The molecule has 2 fully saturated rings. The molecule has 0 radical (unpaired) electrons. The van der Waals surface area contributed by atoms with E-state index in [1.54, 1.807) is 12.4 Å². The SMILES string of the molecule is CC(C)N(CC1CCCN(C(=O)C2CCN(c3ncccn3)CC2)C1)C(=O)OC(C)(C)C. The maximum absolute atomic E-state index is 13.3. The summed E-state index contributed by atoms with van der Waals surface area (Å²) in [5.41, 5.74) is -0.515. The van der Waals surface area contributed by atoms with Crippen LogP contribution in [0.4, 0.5) is 10.7 Å². The van der Waals surface area contributed by atoms with Gasteiger partial charge in [0.2, 0.25) is 11.9 Å². The first kappa shape index (κ1) is 24.3. The molecule has 3 rings (SSSR count). The molecule has 0 N–H and O–H groups in total. The standard InChI is InChI=1S/C24H39N5O3/c1-18(2)29(23(31)32-24(3,4)5)17-19-8-6-13-28(16-19)21(30)20-9-14-27(15-10-20)22-25-11-7-12-26-22/h7,11-12,18-20H,6,8-10,13-17H2,1-5H3. The molecule has 2 aliphatic rings. The molecule has 0 aliphatic carbocycles. The van der Waals surface area contributed by atoms with Gasteiger partial charge in [0.05, 0.1) is 0 Å². The van der Waals surface area contributed by atoms with Gasteiger partial charge in [0.25, 0.3) is 0 Å². The largest absolute Gasteiger partial charge is 0.444 e. The van der Waals surface area contributed by atoms with E-state index in [-0.39, 0.29) is 29.9 Å². The Balaban J connectivity index is 1.53. The van der Waals surface area contributed by atoms with Crippen molar-refractivity contribution in [3.8, 4) is 0 Å². The van der Waals surface area contributed by atoms with Crippen molar-refractivity contribution in [2.75, 3.05) is 37.6 Å². The number of ether oxygens (including phenoxy) is 1. The molecule has 8 heteroatoms. The Kier molecular flexibility index (Phi) is 7.96. The molecule has 1 atom stereocenters. The van der Waals surface area contributed by atoms with E-state index in [0.717, 1.165) is 51.3 Å². The minimum absolute atomic E-state index is 0.0560. The molecule has 0 bridgehead atoms. The summed E-state index contributed by atoms with van der Waals surface area (Å²) in [6.45, 7) is 13.5. The summed E-state index contributed by atoms with van der Waals surface area (Å²) in [6.07, 6.45) is 6.90. The van der Waals surface area contributed by atoms with E-state index in [2.05, 4.69) is 14.9 Å². The zero-order valence-corrected chi connectivity index (χ0v) is 20.3. The second-order valence-electron chi connectivity index (χ2n) is 10.3. The zero-order valence-electron chi connectivity index (χ0n) is 20.3. The quantitative estimate of drug-likeness (QED) is 0.689. The van der Waals surface area contributed by atoms with Gasteiger partial charge in [-0.15, -0.1) is 0 Å². The molecular formula is C24H39N5O3. The number of amides is 2. The highest BCUT2D eigenvalue weighted by Crippen LogP contribution is 2.26. The Labute approximate surface area is 192 Å². The van der Waals surface area contributed by atoms with Gasteiger partial charge in [-0.05, 0) is 72.3 Å². The monoisotopic (exact) mass is 445 g/mol. The number of nitrogens with zero attached hydrogens (tertiary/aromatic N) is 5. The number of rotatable bonds is 5. The number of anilines is 1. The maximum Gasteiger partial charge on any atom is 0.410 e. The molecule has 1 aromatic rings. The second-order valence-corrected chi connectivity index (χ2v) is 10.3. The maximum atomic E-state index is 13.3. The topological polar surface area (TPSA) is 78.9 Å². The molecule has 1 unspecified atom stereocenters. The number of carbonyl (C=O) groups is 2. The Bertz CT molecular complexity index is 757. The zero-order chi connectivity index (χ0) is 23.3. The second kappa shape index (κ2) is 10.5. The van der Waals surface area contributed by atoms with Crippen molar-refractivity contribution in [2.45, 2.75) is 71.9 Å². The summed E-state index contributed by atoms with van der Waals surface area (Å²) in [6, 6.07) is 1.87. The Morgan fingerprint density at radius 1 is 1.12 bits per heavy atom. The van der Waals surface area contributed by atoms with Crippen LogP contribution in [0.15, 0.2) is 18.5 Å². The van der Waals surface area contributed by atoms with Gasteiger partial charge in [0, 0.05) is 57.1 Å². The van der Waals surface area contributed by atoms with Crippen molar-refractivity contribution < 1.29 is 14.3 Å². The summed E-state index contributed by atoms with van der Waals surface area (Å²) in [7, 11) is 0. The van der Waals surface area contributed by atoms with Gasteiger partial charge < -0.3 is 19.4 Å². The minimum atomic E-state index is -0.515. The third-order valence-corrected chi connectivity index (χ3v) is 6.22. The molecule has 0 saturated carbocycles. The molecule has 8 nitrogen and oxygen atoms in total. The Morgan fingerprint density at radius 3 is 2.38 bits per heavy atom. The number of piperidine rings is 2. The summed E-state index contributed by atoms with van der Waals surface area (Å²) in [5.74, 6) is 1.34. The third kappa shape index (κ3) is 6.56. The van der Waals surface area contributed by atoms with Gasteiger partial charge in [-0.25, -0.2) is 14.8 Å². The molecule has 2 aliphatic heterocycles. The van der Waals surface area contributed by atoms with Gasteiger partial charge in [-0.2, -0.15) is 0 Å². The van der Waals surface area contributed by atoms with Crippen molar-refractivity contribution >= 4 is 17.9 Å². The van der Waals surface area contributed by atoms with Crippen LogP contribution < -0.4 is 4.90 Å². The van der Waals surface area contributed by atoms with E-state index in [4.69, 9.17) is 4.74 Å². The first-order chi connectivity index (χ1) is 15.1.